The van der Waals surface area contributed by atoms with E-state index in [2.05, 4.69) is 21.4 Å². The van der Waals surface area contributed by atoms with E-state index in [0.29, 0.717) is 5.13 Å². The second-order valence-corrected chi connectivity index (χ2v) is 5.99. The number of carboxylic acid groups (broad SMARTS) is 1. The predicted octanol–water partition coefficient (Wildman–Crippen LogP) is 3.16. The quantitative estimate of drug-likeness (QED) is 0.907. The molecule has 0 aliphatic heterocycles. The van der Waals surface area contributed by atoms with Gasteiger partial charge in [-0.15, -0.1) is 0 Å². The molecule has 7 heteroatoms. The van der Waals surface area contributed by atoms with Crippen LogP contribution in [0.15, 0.2) is 18.3 Å². The number of thiazole rings is 1. The number of nitriles is 1. The Kier molecular flexibility index (Phi) is 3.11. The van der Waals surface area contributed by atoms with E-state index in [1.54, 1.807) is 6.20 Å². The highest BCUT2D eigenvalue weighted by Crippen LogP contribution is 2.47. The number of rotatable bonds is 3. The summed E-state index contributed by atoms with van der Waals surface area (Å²) in [6.45, 7) is 1.83. The molecule has 0 aromatic carbocycles. The molecular formula is C14H12N4O2S. The van der Waals surface area contributed by atoms with Gasteiger partial charge in [0, 0.05) is 6.20 Å². The van der Waals surface area contributed by atoms with E-state index >= 15 is 0 Å². The SMILES string of the molecule is Cc1nc(NC(=O)O)sc1-c1ccnc(C2(C#N)CC2)c1. The molecule has 0 atom stereocenters. The van der Waals surface area contributed by atoms with Crippen LogP contribution in [-0.4, -0.2) is 21.2 Å². The van der Waals surface area contributed by atoms with Gasteiger partial charge in [0.2, 0.25) is 0 Å². The van der Waals surface area contributed by atoms with Gasteiger partial charge < -0.3 is 5.11 Å². The van der Waals surface area contributed by atoms with Crippen molar-refractivity contribution in [3.8, 4) is 16.5 Å². The first-order valence-corrected chi connectivity index (χ1v) is 7.21. The van der Waals surface area contributed by atoms with Crippen LogP contribution in [0.5, 0.6) is 0 Å². The third-order valence-corrected chi connectivity index (χ3v) is 4.61. The maximum atomic E-state index is 10.7. The second-order valence-electron chi connectivity index (χ2n) is 4.99. The van der Waals surface area contributed by atoms with Gasteiger partial charge >= 0.3 is 6.09 Å². The molecule has 6 nitrogen and oxygen atoms in total. The van der Waals surface area contributed by atoms with Crippen LogP contribution in [0.4, 0.5) is 9.93 Å². The Morgan fingerprint density at radius 2 is 2.33 bits per heavy atom. The van der Waals surface area contributed by atoms with E-state index in [1.807, 2.05) is 19.1 Å². The molecule has 0 unspecified atom stereocenters. The molecule has 1 aliphatic carbocycles. The van der Waals surface area contributed by atoms with Crippen LogP contribution in [0.3, 0.4) is 0 Å². The largest absolute Gasteiger partial charge is 0.465 e. The smallest absolute Gasteiger partial charge is 0.410 e. The highest BCUT2D eigenvalue weighted by atomic mass is 32.1. The number of aromatic nitrogens is 2. The number of hydrogen-bond donors (Lipinski definition) is 2. The van der Waals surface area contributed by atoms with E-state index in [1.165, 1.54) is 11.3 Å². The summed E-state index contributed by atoms with van der Waals surface area (Å²) in [6.07, 6.45) is 2.24. The van der Waals surface area contributed by atoms with Gasteiger partial charge in [0.25, 0.3) is 0 Å². The summed E-state index contributed by atoms with van der Waals surface area (Å²) in [5.41, 5.74) is 2.01. The van der Waals surface area contributed by atoms with Gasteiger partial charge in [-0.25, -0.2) is 9.78 Å². The summed E-state index contributed by atoms with van der Waals surface area (Å²) in [7, 11) is 0. The lowest BCUT2D eigenvalue weighted by atomic mass is 10.0. The van der Waals surface area contributed by atoms with Crippen LogP contribution in [-0.2, 0) is 5.41 Å². The summed E-state index contributed by atoms with van der Waals surface area (Å²) in [4.78, 5) is 20.1. The van der Waals surface area contributed by atoms with Gasteiger partial charge in [-0.1, -0.05) is 11.3 Å². The number of aryl methyl sites for hydroxylation is 1. The molecule has 2 aromatic heterocycles. The topological polar surface area (TPSA) is 98.9 Å². The van der Waals surface area contributed by atoms with E-state index in [-0.39, 0.29) is 0 Å². The number of amides is 1. The van der Waals surface area contributed by atoms with Crippen LogP contribution in [0, 0.1) is 18.3 Å². The number of nitrogens with one attached hydrogen (secondary N) is 1. The van der Waals surface area contributed by atoms with Gasteiger partial charge in [-0.05, 0) is 37.5 Å². The maximum Gasteiger partial charge on any atom is 0.410 e. The second kappa shape index (κ2) is 4.82. The highest BCUT2D eigenvalue weighted by molar-refractivity contribution is 7.19. The van der Waals surface area contributed by atoms with E-state index in [0.717, 1.165) is 34.7 Å². The fraction of sp³-hybridized carbons (Fsp3) is 0.286. The van der Waals surface area contributed by atoms with E-state index in [9.17, 15) is 10.1 Å². The molecule has 1 saturated carbocycles. The number of carbonyl (C=O) groups is 1. The first-order chi connectivity index (χ1) is 10.0. The van der Waals surface area contributed by atoms with Crippen LogP contribution < -0.4 is 5.32 Å². The van der Waals surface area contributed by atoms with Crippen molar-refractivity contribution in [2.45, 2.75) is 25.2 Å². The lowest BCUT2D eigenvalue weighted by molar-refractivity contribution is 0.209. The minimum atomic E-state index is -1.13. The van der Waals surface area contributed by atoms with Crippen molar-refractivity contribution >= 4 is 22.6 Å². The summed E-state index contributed by atoms with van der Waals surface area (Å²) in [5, 5.41) is 20.6. The monoisotopic (exact) mass is 300 g/mol. The highest BCUT2D eigenvalue weighted by Gasteiger charge is 2.46. The Bertz CT molecular complexity index is 759. The number of pyridine rings is 1. The fourth-order valence-electron chi connectivity index (χ4n) is 2.19. The van der Waals surface area contributed by atoms with Crippen LogP contribution >= 0.6 is 11.3 Å². The average molecular weight is 300 g/mol. The molecule has 0 saturated heterocycles. The Morgan fingerprint density at radius 3 is 2.95 bits per heavy atom. The molecule has 1 amide bonds. The molecule has 3 rings (SSSR count). The Labute approximate surface area is 125 Å². The van der Waals surface area contributed by atoms with Crippen LogP contribution in [0.1, 0.15) is 24.2 Å². The maximum absolute atomic E-state index is 10.7. The molecule has 2 N–H and O–H groups in total. The number of nitrogens with zero attached hydrogens (tertiary/aromatic N) is 3. The zero-order chi connectivity index (χ0) is 15.0. The Hall–Kier alpha value is -2.46. The zero-order valence-corrected chi connectivity index (χ0v) is 12.1. The molecule has 2 aromatic rings. The summed E-state index contributed by atoms with van der Waals surface area (Å²) < 4.78 is 0. The van der Waals surface area contributed by atoms with Gasteiger partial charge in [0.15, 0.2) is 5.13 Å². The van der Waals surface area contributed by atoms with Crippen molar-refractivity contribution in [2.24, 2.45) is 0 Å². The van der Waals surface area contributed by atoms with Gasteiger partial charge in [-0.3, -0.25) is 10.3 Å². The van der Waals surface area contributed by atoms with Crippen molar-refractivity contribution in [3.05, 3.63) is 29.7 Å². The molecule has 0 bridgehead atoms. The van der Waals surface area contributed by atoms with Crippen molar-refractivity contribution in [2.75, 3.05) is 5.32 Å². The van der Waals surface area contributed by atoms with E-state index < -0.39 is 11.5 Å². The number of anilines is 1. The molecule has 0 radical (unpaired) electrons. The van der Waals surface area contributed by atoms with Gasteiger partial charge in [0.05, 0.1) is 27.7 Å². The predicted molar refractivity (Wildman–Crippen MR) is 78.3 cm³/mol. The normalized spacial score (nSPS) is 15.2. The minimum absolute atomic E-state index is 0.342. The summed E-state index contributed by atoms with van der Waals surface area (Å²) >= 11 is 1.27. The molecule has 21 heavy (non-hydrogen) atoms. The minimum Gasteiger partial charge on any atom is -0.465 e. The molecular weight excluding hydrogens is 288 g/mol. The van der Waals surface area contributed by atoms with Gasteiger partial charge in [-0.2, -0.15) is 5.26 Å². The van der Waals surface area contributed by atoms with E-state index in [4.69, 9.17) is 5.11 Å². The Balaban J connectivity index is 1.98. The lowest BCUT2D eigenvalue weighted by Crippen LogP contribution is -2.06. The third-order valence-electron chi connectivity index (χ3n) is 3.49. The van der Waals surface area contributed by atoms with Crippen LogP contribution in [0.2, 0.25) is 0 Å². The van der Waals surface area contributed by atoms with Crippen molar-refractivity contribution < 1.29 is 9.90 Å². The Morgan fingerprint density at radius 1 is 1.57 bits per heavy atom. The van der Waals surface area contributed by atoms with Crippen LogP contribution in [0.25, 0.3) is 10.4 Å². The summed E-state index contributed by atoms with van der Waals surface area (Å²) in [6, 6.07) is 6.08. The third kappa shape index (κ3) is 2.45. The molecule has 2 heterocycles. The molecule has 1 aliphatic rings. The molecule has 1 fully saturated rings. The first kappa shape index (κ1) is 13.5. The number of hydrogen-bond acceptors (Lipinski definition) is 5. The van der Waals surface area contributed by atoms with Crippen molar-refractivity contribution in [1.82, 2.24) is 9.97 Å². The lowest BCUT2D eigenvalue weighted by Gasteiger charge is -2.06. The molecule has 0 spiro atoms. The standard InChI is InChI=1S/C14H12N4O2S/c1-8-11(21-12(17-8)18-13(19)20)9-2-5-16-10(6-9)14(7-15)3-4-14/h2,5-6H,3-4H2,1H3,(H,17,18)(H,19,20). The van der Waals surface area contributed by atoms with Gasteiger partial charge in [0.1, 0.15) is 0 Å². The summed E-state index contributed by atoms with van der Waals surface area (Å²) in [5.74, 6) is 0. The average Bonchev–Trinajstić information content (AvgIpc) is 3.18. The first-order valence-electron chi connectivity index (χ1n) is 6.40. The fourth-order valence-corrected chi connectivity index (χ4v) is 3.15. The van der Waals surface area contributed by atoms with Crippen molar-refractivity contribution in [3.63, 3.8) is 0 Å². The zero-order valence-electron chi connectivity index (χ0n) is 11.3. The van der Waals surface area contributed by atoms with Crippen molar-refractivity contribution in [1.29, 1.82) is 5.26 Å². The molecule has 106 valence electrons.